The average molecular weight is 182 g/mol. The van der Waals surface area contributed by atoms with Gasteiger partial charge in [-0.15, -0.1) is 0 Å². The Labute approximate surface area is 82.2 Å². The van der Waals surface area contributed by atoms with E-state index in [0.29, 0.717) is 0 Å². The molecule has 0 saturated carbocycles. The molecule has 76 valence electrons. The van der Waals surface area contributed by atoms with Crippen LogP contribution in [0.5, 0.6) is 0 Å². The largest absolute Gasteiger partial charge is 0.294 e. The first-order chi connectivity index (χ1) is 6.28. The molecular formula is C11H22N2. The first kappa shape index (κ1) is 12.3. The van der Waals surface area contributed by atoms with Gasteiger partial charge in [-0.3, -0.25) is 9.98 Å². The minimum Gasteiger partial charge on any atom is -0.294 e. The van der Waals surface area contributed by atoms with Gasteiger partial charge in [-0.1, -0.05) is 13.8 Å². The van der Waals surface area contributed by atoms with Crippen LogP contribution in [0.1, 0.15) is 47.0 Å². The van der Waals surface area contributed by atoms with Crippen molar-refractivity contribution in [3.8, 4) is 0 Å². The Morgan fingerprint density at radius 2 is 1.15 bits per heavy atom. The highest BCUT2D eigenvalue weighted by Crippen LogP contribution is 2.00. The quantitative estimate of drug-likeness (QED) is 0.564. The molecule has 0 aliphatic rings. The Hall–Kier alpha value is -0.660. The highest BCUT2D eigenvalue weighted by Gasteiger charge is 2.00. The molecule has 0 rings (SSSR count). The van der Waals surface area contributed by atoms with Crippen LogP contribution >= 0.6 is 0 Å². The second-order valence-corrected chi connectivity index (χ2v) is 2.97. The average Bonchev–Trinajstić information content (AvgIpc) is 2.16. The monoisotopic (exact) mass is 182 g/mol. The maximum absolute atomic E-state index is 4.45. The topological polar surface area (TPSA) is 24.7 Å². The van der Waals surface area contributed by atoms with Crippen LogP contribution in [0.25, 0.3) is 0 Å². The van der Waals surface area contributed by atoms with E-state index < -0.39 is 0 Å². The lowest BCUT2D eigenvalue weighted by atomic mass is 10.1. The van der Waals surface area contributed by atoms with E-state index in [9.17, 15) is 0 Å². The van der Waals surface area contributed by atoms with E-state index in [1.807, 2.05) is 0 Å². The van der Waals surface area contributed by atoms with Crippen molar-refractivity contribution in [2.24, 2.45) is 9.98 Å². The summed E-state index contributed by atoms with van der Waals surface area (Å²) in [7, 11) is 0. The molecule has 13 heavy (non-hydrogen) atoms. The number of hydrogen-bond donors (Lipinski definition) is 0. The van der Waals surface area contributed by atoms with Gasteiger partial charge < -0.3 is 0 Å². The van der Waals surface area contributed by atoms with Crippen molar-refractivity contribution in [1.82, 2.24) is 0 Å². The van der Waals surface area contributed by atoms with Crippen LogP contribution in [0, 0.1) is 0 Å². The molecule has 0 aliphatic carbocycles. The minimum atomic E-state index is 0.895. The van der Waals surface area contributed by atoms with Crippen molar-refractivity contribution >= 4 is 11.4 Å². The van der Waals surface area contributed by atoms with E-state index in [-0.39, 0.29) is 0 Å². The second-order valence-electron chi connectivity index (χ2n) is 2.97. The van der Waals surface area contributed by atoms with Crippen molar-refractivity contribution in [1.29, 1.82) is 0 Å². The van der Waals surface area contributed by atoms with Crippen LogP contribution in [0.2, 0.25) is 0 Å². The lowest BCUT2D eigenvalue weighted by molar-refractivity contribution is 1.05. The van der Waals surface area contributed by atoms with Crippen molar-refractivity contribution < 1.29 is 0 Å². The summed E-state index contributed by atoms with van der Waals surface area (Å²) in [6.07, 6.45) is 3.09. The molecule has 0 radical (unpaired) electrons. The van der Waals surface area contributed by atoms with Crippen LogP contribution in [0.15, 0.2) is 9.98 Å². The Bertz CT molecular complexity index is 161. The number of rotatable bonds is 6. The predicted octanol–water partition coefficient (Wildman–Crippen LogP) is 3.12. The zero-order valence-electron chi connectivity index (χ0n) is 9.43. The molecule has 0 unspecified atom stereocenters. The Morgan fingerprint density at radius 3 is 1.38 bits per heavy atom. The number of nitrogens with zero attached hydrogens (tertiary/aromatic N) is 2. The zero-order valence-corrected chi connectivity index (χ0v) is 9.43. The molecule has 0 atom stereocenters. The second kappa shape index (κ2) is 7.96. The normalized spacial score (nSPS) is 13.5. The minimum absolute atomic E-state index is 0.895. The lowest BCUT2D eigenvalue weighted by Gasteiger charge is -2.05. The van der Waals surface area contributed by atoms with Gasteiger partial charge in [-0.2, -0.15) is 0 Å². The summed E-state index contributed by atoms with van der Waals surface area (Å²) in [6, 6.07) is 0. The molecule has 0 aromatic carbocycles. The number of hydrogen-bond acceptors (Lipinski definition) is 2. The molecule has 0 aromatic rings. The first-order valence-electron chi connectivity index (χ1n) is 5.32. The van der Waals surface area contributed by atoms with Crippen molar-refractivity contribution in [2.75, 3.05) is 13.1 Å². The Kier molecular flexibility index (Phi) is 7.56. The van der Waals surface area contributed by atoms with Crippen LogP contribution in [-0.2, 0) is 0 Å². The van der Waals surface area contributed by atoms with Crippen LogP contribution in [-0.4, -0.2) is 24.5 Å². The summed E-state index contributed by atoms with van der Waals surface area (Å²) in [6.45, 7) is 10.3. The van der Waals surface area contributed by atoms with Gasteiger partial charge in [-0.05, 0) is 26.7 Å². The zero-order chi connectivity index (χ0) is 10.1. The Balaban J connectivity index is 4.19. The SMILES string of the molecule is CCN=C(CC)CC(CC)=NCC. The standard InChI is InChI=1S/C11H22N2/c1-5-10(12-7-3)9-11(6-2)13-8-4/h5-9H2,1-4H3. The summed E-state index contributed by atoms with van der Waals surface area (Å²) < 4.78 is 0. The molecule has 0 spiro atoms. The van der Waals surface area contributed by atoms with E-state index in [4.69, 9.17) is 0 Å². The first-order valence-corrected chi connectivity index (χ1v) is 5.32. The summed E-state index contributed by atoms with van der Waals surface area (Å²) in [4.78, 5) is 8.90. The van der Waals surface area contributed by atoms with Crippen LogP contribution < -0.4 is 0 Å². The van der Waals surface area contributed by atoms with Crippen LogP contribution in [0.4, 0.5) is 0 Å². The summed E-state index contributed by atoms with van der Waals surface area (Å²) >= 11 is 0. The van der Waals surface area contributed by atoms with Gasteiger partial charge in [0, 0.05) is 30.9 Å². The van der Waals surface area contributed by atoms with Crippen LogP contribution in [0.3, 0.4) is 0 Å². The van der Waals surface area contributed by atoms with Crippen molar-refractivity contribution in [3.63, 3.8) is 0 Å². The maximum Gasteiger partial charge on any atom is 0.0360 e. The fourth-order valence-corrected chi connectivity index (χ4v) is 1.27. The third kappa shape index (κ3) is 5.56. The molecule has 0 N–H and O–H groups in total. The molecular weight excluding hydrogens is 160 g/mol. The third-order valence-corrected chi connectivity index (χ3v) is 1.99. The molecule has 0 fully saturated rings. The molecule has 0 saturated heterocycles. The van der Waals surface area contributed by atoms with Gasteiger partial charge in [0.25, 0.3) is 0 Å². The van der Waals surface area contributed by atoms with Gasteiger partial charge in [0.05, 0.1) is 0 Å². The van der Waals surface area contributed by atoms with Gasteiger partial charge in [0.2, 0.25) is 0 Å². The predicted molar refractivity (Wildman–Crippen MR) is 61.2 cm³/mol. The van der Waals surface area contributed by atoms with Gasteiger partial charge in [0.15, 0.2) is 0 Å². The van der Waals surface area contributed by atoms with E-state index >= 15 is 0 Å². The van der Waals surface area contributed by atoms with E-state index in [0.717, 1.165) is 32.4 Å². The molecule has 0 bridgehead atoms. The molecule has 2 nitrogen and oxygen atoms in total. The maximum atomic E-state index is 4.45. The summed E-state index contributed by atoms with van der Waals surface area (Å²) in [5, 5.41) is 0. The molecule has 0 aliphatic heterocycles. The molecule has 0 aromatic heterocycles. The fourth-order valence-electron chi connectivity index (χ4n) is 1.27. The van der Waals surface area contributed by atoms with E-state index in [1.54, 1.807) is 0 Å². The fraction of sp³-hybridized carbons (Fsp3) is 0.818. The van der Waals surface area contributed by atoms with Gasteiger partial charge in [-0.25, -0.2) is 0 Å². The summed E-state index contributed by atoms with van der Waals surface area (Å²) in [5.74, 6) is 0. The highest BCUT2D eigenvalue weighted by atomic mass is 14.8. The third-order valence-electron chi connectivity index (χ3n) is 1.99. The van der Waals surface area contributed by atoms with E-state index in [2.05, 4.69) is 37.7 Å². The Morgan fingerprint density at radius 1 is 0.769 bits per heavy atom. The van der Waals surface area contributed by atoms with Crippen molar-refractivity contribution in [3.05, 3.63) is 0 Å². The summed E-state index contributed by atoms with van der Waals surface area (Å²) in [5.41, 5.74) is 2.58. The molecule has 2 heteroatoms. The van der Waals surface area contributed by atoms with Gasteiger partial charge >= 0.3 is 0 Å². The smallest absolute Gasteiger partial charge is 0.0360 e. The molecule has 0 heterocycles. The van der Waals surface area contributed by atoms with Gasteiger partial charge in [0.1, 0.15) is 0 Å². The van der Waals surface area contributed by atoms with Crippen molar-refractivity contribution in [2.45, 2.75) is 47.0 Å². The number of aliphatic imine (C=N–C) groups is 2. The highest BCUT2D eigenvalue weighted by molar-refractivity contribution is 6.04. The lowest BCUT2D eigenvalue weighted by Crippen LogP contribution is -2.07. The molecule has 0 amide bonds. The van der Waals surface area contributed by atoms with E-state index in [1.165, 1.54) is 11.4 Å².